The van der Waals surface area contributed by atoms with E-state index in [0.29, 0.717) is 12.8 Å². The maximum absolute atomic E-state index is 12.6. The van der Waals surface area contributed by atoms with E-state index in [-0.39, 0.29) is 5.92 Å². The van der Waals surface area contributed by atoms with Crippen molar-refractivity contribution in [3.63, 3.8) is 0 Å². The van der Waals surface area contributed by atoms with Crippen LogP contribution in [0.4, 0.5) is 0 Å². The number of carboxylic acids is 2. The Kier molecular flexibility index (Phi) is 12.4. The van der Waals surface area contributed by atoms with Crippen molar-refractivity contribution in [1.82, 2.24) is 16.0 Å². The maximum atomic E-state index is 12.6. The molecule has 12 heteroatoms. The highest BCUT2D eigenvalue weighted by molar-refractivity contribution is 5.94. The number of carbonyl (C=O) groups excluding carboxylic acids is 3. The molecule has 0 saturated carbocycles. The number of amides is 3. The third kappa shape index (κ3) is 10.2. The van der Waals surface area contributed by atoms with Crippen LogP contribution in [0.3, 0.4) is 0 Å². The van der Waals surface area contributed by atoms with Gasteiger partial charge >= 0.3 is 11.9 Å². The van der Waals surface area contributed by atoms with Crippen LogP contribution in [0, 0.1) is 11.8 Å². The van der Waals surface area contributed by atoms with Gasteiger partial charge in [0, 0.05) is 0 Å². The van der Waals surface area contributed by atoms with Crippen LogP contribution in [-0.2, 0) is 24.0 Å². The molecule has 0 bridgehead atoms. The fourth-order valence-electron chi connectivity index (χ4n) is 2.68. The topological polar surface area (TPSA) is 208 Å². The number of hydrogen-bond donors (Lipinski definition) is 7. The van der Waals surface area contributed by atoms with Gasteiger partial charge in [-0.05, 0) is 18.3 Å². The number of hydrogen-bond acceptors (Lipinski definition) is 7. The number of carbonyl (C=O) groups is 5. The standard InChI is InChI=1S/C19H34N4O8/c1-5-10(4)15(18(29)21-12(19(30)31)7-14(25)26)23-17(28)13(8-24)22-16(27)11(20)6-9(2)3/h9-13,15,24H,5-8,20H2,1-4H3,(H,21,29)(H,22,27)(H,23,28)(H,25,26)(H,30,31). The lowest BCUT2D eigenvalue weighted by atomic mass is 9.97. The summed E-state index contributed by atoms with van der Waals surface area (Å²) in [6, 6.07) is -5.17. The van der Waals surface area contributed by atoms with Gasteiger partial charge in [-0.25, -0.2) is 4.79 Å². The Hall–Kier alpha value is -2.73. The first-order valence-corrected chi connectivity index (χ1v) is 10.1. The van der Waals surface area contributed by atoms with Crippen molar-refractivity contribution in [1.29, 1.82) is 0 Å². The number of aliphatic carboxylic acids is 2. The molecule has 5 atom stereocenters. The van der Waals surface area contributed by atoms with Crippen LogP contribution >= 0.6 is 0 Å². The molecule has 31 heavy (non-hydrogen) atoms. The Balaban J connectivity index is 5.33. The van der Waals surface area contributed by atoms with Crippen LogP contribution in [-0.4, -0.2) is 75.8 Å². The monoisotopic (exact) mass is 446 g/mol. The summed E-state index contributed by atoms with van der Waals surface area (Å²) in [6.07, 6.45) is -0.0561. The lowest BCUT2D eigenvalue weighted by Gasteiger charge is -2.27. The van der Waals surface area contributed by atoms with Crippen LogP contribution < -0.4 is 21.7 Å². The Morgan fingerprint density at radius 2 is 1.42 bits per heavy atom. The zero-order chi connectivity index (χ0) is 24.3. The summed E-state index contributed by atoms with van der Waals surface area (Å²) in [6.45, 7) is 6.35. The minimum Gasteiger partial charge on any atom is -0.481 e. The first-order valence-electron chi connectivity index (χ1n) is 10.1. The van der Waals surface area contributed by atoms with E-state index in [4.69, 9.17) is 15.9 Å². The van der Waals surface area contributed by atoms with Crippen LogP contribution in [0.2, 0.25) is 0 Å². The average molecular weight is 447 g/mol. The molecule has 0 heterocycles. The lowest BCUT2D eigenvalue weighted by Crippen LogP contribution is -2.59. The van der Waals surface area contributed by atoms with E-state index < -0.39 is 72.8 Å². The van der Waals surface area contributed by atoms with E-state index in [0.717, 1.165) is 0 Å². The minimum atomic E-state index is -1.68. The van der Waals surface area contributed by atoms with Crippen LogP contribution in [0.25, 0.3) is 0 Å². The fourth-order valence-corrected chi connectivity index (χ4v) is 2.68. The van der Waals surface area contributed by atoms with Crippen molar-refractivity contribution < 1.29 is 39.3 Å². The molecule has 0 saturated heterocycles. The number of nitrogens with two attached hydrogens (primary N) is 1. The molecule has 0 aliphatic rings. The van der Waals surface area contributed by atoms with Crippen molar-refractivity contribution in [3.8, 4) is 0 Å². The van der Waals surface area contributed by atoms with Crippen molar-refractivity contribution in [2.24, 2.45) is 17.6 Å². The normalized spacial score (nSPS) is 15.8. The second-order valence-electron chi connectivity index (χ2n) is 7.85. The van der Waals surface area contributed by atoms with Crippen molar-refractivity contribution >= 4 is 29.7 Å². The zero-order valence-electron chi connectivity index (χ0n) is 18.3. The number of carboxylic acid groups (broad SMARTS) is 2. The summed E-state index contributed by atoms with van der Waals surface area (Å²) >= 11 is 0. The van der Waals surface area contributed by atoms with Crippen LogP contribution in [0.1, 0.15) is 47.0 Å². The van der Waals surface area contributed by atoms with Gasteiger partial charge in [-0.15, -0.1) is 0 Å². The fraction of sp³-hybridized carbons (Fsp3) is 0.737. The maximum Gasteiger partial charge on any atom is 0.326 e. The molecule has 0 aromatic carbocycles. The Morgan fingerprint density at radius 1 is 0.871 bits per heavy atom. The zero-order valence-corrected chi connectivity index (χ0v) is 18.3. The number of aliphatic hydroxyl groups excluding tert-OH is 1. The molecule has 178 valence electrons. The van der Waals surface area contributed by atoms with E-state index in [1.165, 1.54) is 0 Å². The third-order valence-electron chi connectivity index (χ3n) is 4.66. The number of aliphatic hydroxyl groups is 1. The molecule has 0 fully saturated rings. The molecule has 0 spiro atoms. The molecule has 0 aliphatic heterocycles. The highest BCUT2D eigenvalue weighted by Gasteiger charge is 2.33. The van der Waals surface area contributed by atoms with Gasteiger partial charge < -0.3 is 37.0 Å². The van der Waals surface area contributed by atoms with Gasteiger partial charge in [0.15, 0.2) is 0 Å². The van der Waals surface area contributed by atoms with E-state index in [1.807, 2.05) is 13.8 Å². The van der Waals surface area contributed by atoms with E-state index >= 15 is 0 Å². The average Bonchev–Trinajstić information content (AvgIpc) is 2.67. The van der Waals surface area contributed by atoms with E-state index in [9.17, 15) is 29.1 Å². The molecular weight excluding hydrogens is 412 g/mol. The third-order valence-corrected chi connectivity index (χ3v) is 4.66. The molecule has 0 rings (SSSR count). The molecule has 0 aromatic rings. The highest BCUT2D eigenvalue weighted by Crippen LogP contribution is 2.10. The second-order valence-corrected chi connectivity index (χ2v) is 7.85. The number of nitrogens with one attached hydrogen (secondary N) is 3. The Morgan fingerprint density at radius 3 is 1.84 bits per heavy atom. The van der Waals surface area contributed by atoms with Gasteiger partial charge in [0.05, 0.1) is 19.1 Å². The van der Waals surface area contributed by atoms with Crippen molar-refractivity contribution in [2.75, 3.05) is 6.61 Å². The Bertz CT molecular complexity index is 655. The predicted molar refractivity (Wildman–Crippen MR) is 110 cm³/mol. The largest absolute Gasteiger partial charge is 0.481 e. The molecule has 0 aliphatic carbocycles. The predicted octanol–water partition coefficient (Wildman–Crippen LogP) is -1.59. The molecule has 3 amide bonds. The highest BCUT2D eigenvalue weighted by atomic mass is 16.4. The lowest BCUT2D eigenvalue weighted by molar-refractivity contribution is -0.147. The van der Waals surface area contributed by atoms with Crippen LogP contribution in [0.15, 0.2) is 0 Å². The summed E-state index contributed by atoms with van der Waals surface area (Å²) in [5.74, 6) is -5.67. The summed E-state index contributed by atoms with van der Waals surface area (Å²) in [5.41, 5.74) is 5.77. The quantitative estimate of drug-likeness (QED) is 0.164. The van der Waals surface area contributed by atoms with Gasteiger partial charge in [-0.2, -0.15) is 0 Å². The van der Waals surface area contributed by atoms with Gasteiger partial charge in [-0.3, -0.25) is 19.2 Å². The summed E-state index contributed by atoms with van der Waals surface area (Å²) in [7, 11) is 0. The van der Waals surface area contributed by atoms with Crippen LogP contribution in [0.5, 0.6) is 0 Å². The van der Waals surface area contributed by atoms with E-state index in [2.05, 4.69) is 16.0 Å². The molecule has 0 aromatic heterocycles. The molecule has 0 radical (unpaired) electrons. The molecular formula is C19H34N4O8. The second kappa shape index (κ2) is 13.5. The summed E-state index contributed by atoms with van der Waals surface area (Å²) < 4.78 is 0. The number of rotatable bonds is 14. The SMILES string of the molecule is CCC(C)C(NC(=O)C(CO)NC(=O)C(N)CC(C)C)C(=O)NC(CC(=O)O)C(=O)O. The Labute approximate surface area is 180 Å². The smallest absolute Gasteiger partial charge is 0.326 e. The molecule has 5 unspecified atom stereocenters. The first kappa shape index (κ1) is 28.3. The van der Waals surface area contributed by atoms with Gasteiger partial charge in [0.25, 0.3) is 0 Å². The molecule has 12 nitrogen and oxygen atoms in total. The first-order chi connectivity index (χ1) is 14.3. The van der Waals surface area contributed by atoms with Crippen molar-refractivity contribution in [3.05, 3.63) is 0 Å². The van der Waals surface area contributed by atoms with Gasteiger partial charge in [-0.1, -0.05) is 34.1 Å². The van der Waals surface area contributed by atoms with Gasteiger partial charge in [0.2, 0.25) is 17.7 Å². The van der Waals surface area contributed by atoms with E-state index in [1.54, 1.807) is 13.8 Å². The molecule has 8 N–H and O–H groups in total. The summed E-state index contributed by atoms with van der Waals surface area (Å²) in [5, 5.41) is 34.3. The summed E-state index contributed by atoms with van der Waals surface area (Å²) in [4.78, 5) is 59.4. The minimum absolute atomic E-state index is 0.133. The van der Waals surface area contributed by atoms with Crippen molar-refractivity contribution in [2.45, 2.75) is 71.1 Å². The van der Waals surface area contributed by atoms with Gasteiger partial charge in [0.1, 0.15) is 18.1 Å².